The van der Waals surface area contributed by atoms with E-state index in [0.717, 1.165) is 18.2 Å². The molecule has 124 valence electrons. The van der Waals surface area contributed by atoms with Crippen molar-refractivity contribution in [1.29, 1.82) is 0 Å². The number of nitrogens with zero attached hydrogens (tertiary/aromatic N) is 2. The normalized spacial score (nSPS) is 11.5. The van der Waals surface area contributed by atoms with Crippen LogP contribution in [-0.2, 0) is 0 Å². The van der Waals surface area contributed by atoms with E-state index in [0.29, 0.717) is 5.56 Å². The molecule has 9 nitrogen and oxygen atoms in total. The average molecular weight is 331 g/mol. The fourth-order valence-electron chi connectivity index (χ4n) is 2.02. The van der Waals surface area contributed by atoms with E-state index >= 15 is 0 Å². The molecule has 1 amide bonds. The second-order valence-corrected chi connectivity index (χ2v) is 4.89. The van der Waals surface area contributed by atoms with Gasteiger partial charge in [-0.25, -0.2) is 0 Å². The van der Waals surface area contributed by atoms with Gasteiger partial charge in [0.2, 0.25) is 0 Å². The molecule has 24 heavy (non-hydrogen) atoms. The first-order valence-corrected chi connectivity index (χ1v) is 6.83. The maximum atomic E-state index is 12.1. The first kappa shape index (κ1) is 17.0. The molecule has 0 aliphatic rings. The molecule has 0 aromatic heterocycles. The minimum absolute atomic E-state index is 0.140. The highest BCUT2D eigenvalue weighted by Crippen LogP contribution is 2.22. The van der Waals surface area contributed by atoms with Crippen molar-refractivity contribution in [2.45, 2.75) is 6.10 Å². The van der Waals surface area contributed by atoms with E-state index in [1.165, 1.54) is 0 Å². The summed E-state index contributed by atoms with van der Waals surface area (Å²) in [7, 11) is 0. The molecule has 2 N–H and O–H groups in total. The van der Waals surface area contributed by atoms with Gasteiger partial charge in [0.25, 0.3) is 17.3 Å². The molecular formula is C15H13N3O6. The van der Waals surface area contributed by atoms with Crippen molar-refractivity contribution in [2.24, 2.45) is 0 Å². The Labute approximate surface area is 135 Å². The maximum Gasteiger partial charge on any atom is 0.277 e. The van der Waals surface area contributed by atoms with E-state index in [2.05, 4.69) is 5.32 Å². The molecular weight excluding hydrogens is 318 g/mol. The molecule has 0 saturated heterocycles. The Morgan fingerprint density at radius 1 is 1.04 bits per heavy atom. The summed E-state index contributed by atoms with van der Waals surface area (Å²) in [4.78, 5) is 32.1. The maximum absolute atomic E-state index is 12.1. The standard InChI is InChI=1S/C15H13N3O6/c19-14(10-4-2-1-3-5-10)9-16-15(20)11-6-12(17(21)22)8-13(7-11)18(23)24/h1-8,14,19H,9H2,(H,16,20)/t14-/m0/s1. The fraction of sp³-hybridized carbons (Fsp3) is 0.133. The van der Waals surface area contributed by atoms with Crippen LogP contribution in [0.2, 0.25) is 0 Å². The van der Waals surface area contributed by atoms with Gasteiger partial charge in [-0.3, -0.25) is 25.0 Å². The number of carbonyl (C=O) groups is 1. The van der Waals surface area contributed by atoms with Crippen LogP contribution in [0.1, 0.15) is 22.0 Å². The van der Waals surface area contributed by atoms with Crippen LogP contribution in [0.4, 0.5) is 11.4 Å². The number of amides is 1. The lowest BCUT2D eigenvalue weighted by Crippen LogP contribution is -2.28. The van der Waals surface area contributed by atoms with Crippen molar-refractivity contribution in [1.82, 2.24) is 5.32 Å². The molecule has 2 rings (SSSR count). The molecule has 0 spiro atoms. The summed E-state index contributed by atoms with van der Waals surface area (Å²) in [6.45, 7) is -0.140. The largest absolute Gasteiger partial charge is 0.387 e. The summed E-state index contributed by atoms with van der Waals surface area (Å²) in [5.41, 5.74) is -0.755. The SMILES string of the molecule is O=C(NC[C@H](O)c1ccccc1)c1cc([N+](=O)[O-])cc([N+](=O)[O-])c1. The Hall–Kier alpha value is -3.33. The molecule has 0 radical (unpaired) electrons. The molecule has 0 saturated carbocycles. The van der Waals surface area contributed by atoms with Crippen molar-refractivity contribution >= 4 is 17.3 Å². The van der Waals surface area contributed by atoms with Gasteiger partial charge in [0.05, 0.1) is 27.6 Å². The quantitative estimate of drug-likeness (QED) is 0.613. The van der Waals surface area contributed by atoms with Crippen molar-refractivity contribution in [3.05, 3.63) is 79.9 Å². The lowest BCUT2D eigenvalue weighted by molar-refractivity contribution is -0.394. The predicted molar refractivity (Wildman–Crippen MR) is 83.5 cm³/mol. The monoisotopic (exact) mass is 331 g/mol. The van der Waals surface area contributed by atoms with Crippen LogP contribution in [0.3, 0.4) is 0 Å². The van der Waals surface area contributed by atoms with Crippen molar-refractivity contribution < 1.29 is 19.7 Å². The minimum atomic E-state index is -0.969. The third-order valence-corrected chi connectivity index (χ3v) is 3.23. The molecule has 0 aliphatic heterocycles. The van der Waals surface area contributed by atoms with Crippen molar-refractivity contribution in [2.75, 3.05) is 6.54 Å². The van der Waals surface area contributed by atoms with Gasteiger partial charge >= 0.3 is 0 Å². The Morgan fingerprint density at radius 2 is 1.58 bits per heavy atom. The van der Waals surface area contributed by atoms with Crippen LogP contribution in [0.5, 0.6) is 0 Å². The Kier molecular flexibility index (Phi) is 5.17. The molecule has 0 unspecified atom stereocenters. The van der Waals surface area contributed by atoms with Crippen LogP contribution in [-0.4, -0.2) is 27.4 Å². The molecule has 2 aromatic carbocycles. The van der Waals surface area contributed by atoms with Gasteiger partial charge in [-0.2, -0.15) is 0 Å². The number of nitro benzene ring substituents is 2. The lowest BCUT2D eigenvalue weighted by Gasteiger charge is -2.12. The third kappa shape index (κ3) is 4.11. The summed E-state index contributed by atoms with van der Waals surface area (Å²) < 4.78 is 0. The second kappa shape index (κ2) is 7.29. The van der Waals surface area contributed by atoms with Crippen molar-refractivity contribution in [3.8, 4) is 0 Å². The minimum Gasteiger partial charge on any atom is -0.387 e. The van der Waals surface area contributed by atoms with Gasteiger partial charge in [-0.15, -0.1) is 0 Å². The third-order valence-electron chi connectivity index (χ3n) is 3.23. The zero-order chi connectivity index (χ0) is 17.7. The molecule has 0 aliphatic carbocycles. The number of nitro groups is 2. The lowest BCUT2D eigenvalue weighted by atomic mass is 10.1. The topological polar surface area (TPSA) is 136 Å². The number of rotatable bonds is 6. The highest BCUT2D eigenvalue weighted by Gasteiger charge is 2.20. The fourth-order valence-corrected chi connectivity index (χ4v) is 2.02. The number of hydrogen-bond donors (Lipinski definition) is 2. The number of aliphatic hydroxyl groups is 1. The number of aliphatic hydroxyl groups excluding tert-OH is 1. The summed E-state index contributed by atoms with van der Waals surface area (Å²) in [5.74, 6) is -0.753. The first-order chi connectivity index (χ1) is 11.4. The molecule has 9 heteroatoms. The Balaban J connectivity index is 2.14. The number of non-ortho nitro benzene ring substituents is 2. The van der Waals surface area contributed by atoms with Gasteiger partial charge in [0, 0.05) is 18.7 Å². The molecule has 0 bridgehead atoms. The highest BCUT2D eigenvalue weighted by atomic mass is 16.6. The zero-order valence-corrected chi connectivity index (χ0v) is 12.3. The van der Waals surface area contributed by atoms with E-state index in [4.69, 9.17) is 0 Å². The average Bonchev–Trinajstić information content (AvgIpc) is 2.59. The Morgan fingerprint density at radius 3 is 2.08 bits per heavy atom. The molecule has 0 fully saturated rings. The molecule has 2 aromatic rings. The van der Waals surface area contributed by atoms with Crippen molar-refractivity contribution in [3.63, 3.8) is 0 Å². The summed E-state index contributed by atoms with van der Waals surface area (Å²) in [5, 5.41) is 34.0. The van der Waals surface area contributed by atoms with Gasteiger partial charge in [0.1, 0.15) is 0 Å². The van der Waals surface area contributed by atoms with Gasteiger partial charge in [-0.05, 0) is 5.56 Å². The van der Waals surface area contributed by atoms with Gasteiger partial charge in [-0.1, -0.05) is 30.3 Å². The number of benzene rings is 2. The van der Waals surface area contributed by atoms with E-state index < -0.39 is 33.2 Å². The Bertz CT molecular complexity index is 746. The number of carbonyl (C=O) groups excluding carboxylic acids is 1. The van der Waals surface area contributed by atoms with E-state index in [9.17, 15) is 30.1 Å². The number of nitrogens with one attached hydrogen (secondary N) is 1. The smallest absolute Gasteiger partial charge is 0.277 e. The van der Waals surface area contributed by atoms with Crippen LogP contribution in [0.15, 0.2) is 48.5 Å². The van der Waals surface area contributed by atoms with Gasteiger partial charge < -0.3 is 10.4 Å². The highest BCUT2D eigenvalue weighted by molar-refractivity contribution is 5.95. The predicted octanol–water partition coefficient (Wildman–Crippen LogP) is 1.97. The van der Waals surface area contributed by atoms with Crippen LogP contribution in [0.25, 0.3) is 0 Å². The zero-order valence-electron chi connectivity index (χ0n) is 12.3. The van der Waals surface area contributed by atoms with Crippen LogP contribution < -0.4 is 5.32 Å². The van der Waals surface area contributed by atoms with Crippen LogP contribution in [0, 0.1) is 20.2 Å². The van der Waals surface area contributed by atoms with E-state index in [1.54, 1.807) is 30.3 Å². The van der Waals surface area contributed by atoms with E-state index in [-0.39, 0.29) is 12.1 Å². The van der Waals surface area contributed by atoms with E-state index in [1.807, 2.05) is 0 Å². The molecule has 1 atom stereocenters. The first-order valence-electron chi connectivity index (χ1n) is 6.83. The number of hydrogen-bond acceptors (Lipinski definition) is 6. The summed E-state index contributed by atoms with van der Waals surface area (Å²) in [6, 6.07) is 11.2. The summed E-state index contributed by atoms with van der Waals surface area (Å²) in [6.07, 6.45) is -0.969. The van der Waals surface area contributed by atoms with Crippen LogP contribution >= 0.6 is 0 Å². The summed E-state index contributed by atoms with van der Waals surface area (Å²) >= 11 is 0. The molecule has 0 heterocycles. The van der Waals surface area contributed by atoms with Gasteiger partial charge in [0.15, 0.2) is 0 Å². The second-order valence-electron chi connectivity index (χ2n) is 4.89.